The lowest BCUT2D eigenvalue weighted by Crippen LogP contribution is -2.37. The number of nitrogens with one attached hydrogen (secondary N) is 2. The van der Waals surface area contributed by atoms with E-state index in [1.807, 2.05) is 54.8 Å². The molecule has 5 nitrogen and oxygen atoms in total. The van der Waals surface area contributed by atoms with E-state index in [0.717, 1.165) is 48.3 Å². The van der Waals surface area contributed by atoms with Crippen molar-refractivity contribution < 1.29 is 9.21 Å². The highest BCUT2D eigenvalue weighted by molar-refractivity contribution is 6.01. The Morgan fingerprint density at radius 3 is 2.46 bits per heavy atom. The largest absolute Gasteiger partial charge is 0.464 e. The monoisotopic (exact) mass is 377 g/mol. The first-order chi connectivity index (χ1) is 13.6. The maximum absolute atomic E-state index is 12.3. The summed E-state index contributed by atoms with van der Waals surface area (Å²) in [6, 6.07) is 15.6. The number of benzene rings is 2. The second-order valence-electron chi connectivity index (χ2n) is 7.75. The number of hydrogen-bond donors (Lipinski definition) is 2. The molecule has 0 aliphatic carbocycles. The lowest BCUT2D eigenvalue weighted by Gasteiger charge is -2.34. The molecule has 1 saturated heterocycles. The number of hydrogen-bond acceptors (Lipinski definition) is 3. The van der Waals surface area contributed by atoms with Gasteiger partial charge in [0.2, 0.25) is 0 Å². The van der Waals surface area contributed by atoms with Crippen LogP contribution in [0.2, 0.25) is 0 Å². The van der Waals surface area contributed by atoms with Gasteiger partial charge in [-0.25, -0.2) is 4.79 Å². The molecule has 2 amide bonds. The summed E-state index contributed by atoms with van der Waals surface area (Å²) >= 11 is 0. The van der Waals surface area contributed by atoms with Crippen LogP contribution in [0.15, 0.2) is 59.2 Å². The smallest absolute Gasteiger partial charge is 0.323 e. The molecule has 1 aliphatic heterocycles. The fraction of sp³-hybridized carbons (Fsp3) is 0.348. The number of fused-ring (bicyclic) bond motifs is 1. The van der Waals surface area contributed by atoms with Crippen LogP contribution < -0.4 is 10.6 Å². The van der Waals surface area contributed by atoms with Gasteiger partial charge in [-0.1, -0.05) is 18.2 Å². The Bertz CT molecular complexity index is 941. The SMILES string of the molecule is CC(C)N1CCC(c2coc3ccc(NC(=O)Nc4ccccc4)cc23)CC1. The molecule has 2 aromatic carbocycles. The van der Waals surface area contributed by atoms with Crippen molar-refractivity contribution in [1.29, 1.82) is 0 Å². The first-order valence-corrected chi connectivity index (χ1v) is 9.98. The molecule has 0 spiro atoms. The molecule has 0 radical (unpaired) electrons. The van der Waals surface area contributed by atoms with E-state index in [4.69, 9.17) is 4.42 Å². The summed E-state index contributed by atoms with van der Waals surface area (Å²) in [5.41, 5.74) is 3.66. The third-order valence-electron chi connectivity index (χ3n) is 5.59. The van der Waals surface area contributed by atoms with Gasteiger partial charge in [0.25, 0.3) is 0 Å². The average Bonchev–Trinajstić information content (AvgIpc) is 3.12. The minimum atomic E-state index is -0.249. The van der Waals surface area contributed by atoms with Crippen LogP contribution in [-0.2, 0) is 0 Å². The van der Waals surface area contributed by atoms with E-state index in [-0.39, 0.29) is 6.03 Å². The lowest BCUT2D eigenvalue weighted by atomic mass is 9.88. The highest BCUT2D eigenvalue weighted by Crippen LogP contribution is 2.36. The number of rotatable bonds is 4. The minimum Gasteiger partial charge on any atom is -0.464 e. The molecular formula is C23H27N3O2. The maximum Gasteiger partial charge on any atom is 0.323 e. The summed E-state index contributed by atoms with van der Waals surface area (Å²) < 4.78 is 5.79. The highest BCUT2D eigenvalue weighted by atomic mass is 16.3. The number of nitrogens with zero attached hydrogens (tertiary/aromatic N) is 1. The summed E-state index contributed by atoms with van der Waals surface area (Å²) in [4.78, 5) is 14.8. The number of likely N-dealkylation sites (tertiary alicyclic amines) is 1. The fourth-order valence-corrected chi connectivity index (χ4v) is 3.98. The third-order valence-corrected chi connectivity index (χ3v) is 5.59. The number of carbonyl (C=O) groups excluding carboxylic acids is 1. The summed E-state index contributed by atoms with van der Waals surface area (Å²) in [6.45, 7) is 6.75. The van der Waals surface area contributed by atoms with Gasteiger partial charge in [0.1, 0.15) is 5.58 Å². The molecule has 1 aliphatic rings. The molecule has 5 heteroatoms. The Kier molecular flexibility index (Phi) is 5.35. The minimum absolute atomic E-state index is 0.249. The van der Waals surface area contributed by atoms with Gasteiger partial charge in [0, 0.05) is 28.4 Å². The quantitative estimate of drug-likeness (QED) is 0.616. The maximum atomic E-state index is 12.3. The molecule has 0 unspecified atom stereocenters. The van der Waals surface area contributed by atoms with Gasteiger partial charge in [0.05, 0.1) is 6.26 Å². The molecular weight excluding hydrogens is 350 g/mol. The Morgan fingerprint density at radius 1 is 1.04 bits per heavy atom. The second kappa shape index (κ2) is 8.07. The van der Waals surface area contributed by atoms with Crippen LogP contribution in [0.4, 0.5) is 16.2 Å². The van der Waals surface area contributed by atoms with Crippen LogP contribution in [0.3, 0.4) is 0 Å². The summed E-state index contributed by atoms with van der Waals surface area (Å²) in [6.07, 6.45) is 4.17. The lowest BCUT2D eigenvalue weighted by molar-refractivity contribution is 0.172. The van der Waals surface area contributed by atoms with Crippen LogP contribution in [-0.4, -0.2) is 30.1 Å². The highest BCUT2D eigenvalue weighted by Gasteiger charge is 2.24. The van der Waals surface area contributed by atoms with Crippen LogP contribution in [0.25, 0.3) is 11.0 Å². The van der Waals surface area contributed by atoms with Crippen molar-refractivity contribution in [2.45, 2.75) is 38.6 Å². The molecule has 2 heterocycles. The third kappa shape index (κ3) is 4.04. The number of piperidine rings is 1. The van der Waals surface area contributed by atoms with Gasteiger partial charge in [0.15, 0.2) is 0 Å². The van der Waals surface area contributed by atoms with Gasteiger partial charge < -0.3 is 20.0 Å². The van der Waals surface area contributed by atoms with E-state index in [9.17, 15) is 4.79 Å². The number of urea groups is 1. The zero-order valence-corrected chi connectivity index (χ0v) is 16.4. The predicted octanol–water partition coefficient (Wildman–Crippen LogP) is 5.66. The molecule has 0 bridgehead atoms. The van der Waals surface area contributed by atoms with Crippen LogP contribution in [0.5, 0.6) is 0 Å². The van der Waals surface area contributed by atoms with Gasteiger partial charge in [-0.3, -0.25) is 0 Å². The van der Waals surface area contributed by atoms with E-state index in [0.29, 0.717) is 12.0 Å². The van der Waals surface area contributed by atoms with Gasteiger partial charge in [-0.05, 0) is 76.0 Å². The second-order valence-corrected chi connectivity index (χ2v) is 7.75. The van der Waals surface area contributed by atoms with E-state index in [2.05, 4.69) is 29.4 Å². The van der Waals surface area contributed by atoms with E-state index >= 15 is 0 Å². The van der Waals surface area contributed by atoms with Crippen molar-refractivity contribution in [3.63, 3.8) is 0 Å². The summed E-state index contributed by atoms with van der Waals surface area (Å²) in [5, 5.41) is 6.87. The molecule has 0 atom stereocenters. The number of para-hydroxylation sites is 1. The molecule has 1 fully saturated rings. The van der Waals surface area contributed by atoms with Crippen molar-refractivity contribution in [2.75, 3.05) is 23.7 Å². The van der Waals surface area contributed by atoms with Crippen LogP contribution in [0.1, 0.15) is 38.2 Å². The molecule has 0 saturated carbocycles. The molecule has 4 rings (SSSR count). The normalized spacial score (nSPS) is 15.8. The zero-order valence-electron chi connectivity index (χ0n) is 16.4. The van der Waals surface area contributed by atoms with Gasteiger partial charge in [-0.2, -0.15) is 0 Å². The summed E-state index contributed by atoms with van der Waals surface area (Å²) in [7, 11) is 0. The predicted molar refractivity (Wildman–Crippen MR) is 114 cm³/mol. The number of amides is 2. The number of anilines is 2. The number of furan rings is 1. The van der Waals surface area contributed by atoms with Crippen LogP contribution >= 0.6 is 0 Å². The van der Waals surface area contributed by atoms with E-state index in [1.165, 1.54) is 5.56 Å². The van der Waals surface area contributed by atoms with Gasteiger partial charge >= 0.3 is 6.03 Å². The first-order valence-electron chi connectivity index (χ1n) is 9.98. The molecule has 1 aromatic heterocycles. The van der Waals surface area contributed by atoms with Crippen LogP contribution in [0, 0.1) is 0 Å². The van der Waals surface area contributed by atoms with Crippen molar-refractivity contribution in [2.24, 2.45) is 0 Å². The molecule has 28 heavy (non-hydrogen) atoms. The Labute approximate surface area is 165 Å². The van der Waals surface area contributed by atoms with Crippen molar-refractivity contribution in [3.8, 4) is 0 Å². The zero-order chi connectivity index (χ0) is 19.5. The fourth-order valence-electron chi connectivity index (χ4n) is 3.98. The Balaban J connectivity index is 1.48. The summed E-state index contributed by atoms with van der Waals surface area (Å²) in [5.74, 6) is 0.504. The van der Waals surface area contributed by atoms with Crippen molar-refractivity contribution in [1.82, 2.24) is 4.90 Å². The van der Waals surface area contributed by atoms with Crippen molar-refractivity contribution >= 4 is 28.4 Å². The Hall–Kier alpha value is -2.79. The Morgan fingerprint density at radius 2 is 1.75 bits per heavy atom. The first kappa shape index (κ1) is 18.6. The topological polar surface area (TPSA) is 57.5 Å². The molecule has 3 aromatic rings. The van der Waals surface area contributed by atoms with E-state index < -0.39 is 0 Å². The molecule has 146 valence electrons. The average molecular weight is 377 g/mol. The van der Waals surface area contributed by atoms with Gasteiger partial charge in [-0.15, -0.1) is 0 Å². The van der Waals surface area contributed by atoms with E-state index in [1.54, 1.807) is 0 Å². The standard InChI is InChI=1S/C23H27N3O2/c1-16(2)26-12-10-17(11-13-26)21-15-28-22-9-8-19(14-20(21)22)25-23(27)24-18-6-4-3-5-7-18/h3-9,14-17H,10-13H2,1-2H3,(H2,24,25,27). The number of carbonyl (C=O) groups is 1. The molecule has 2 N–H and O–H groups in total. The van der Waals surface area contributed by atoms with Crippen molar-refractivity contribution in [3.05, 3.63) is 60.4 Å².